The summed E-state index contributed by atoms with van der Waals surface area (Å²) >= 11 is 0. The Hall–Kier alpha value is -2.00. The molecule has 27 heavy (non-hydrogen) atoms. The van der Waals surface area contributed by atoms with E-state index in [0.717, 1.165) is 23.6 Å². The van der Waals surface area contributed by atoms with Crippen molar-refractivity contribution >= 4 is 0 Å². The molecule has 3 heteroatoms. The Morgan fingerprint density at radius 2 is 1.52 bits per heavy atom. The summed E-state index contributed by atoms with van der Waals surface area (Å²) in [5.41, 5.74) is 3.67. The monoisotopic (exact) mass is 367 g/mol. The van der Waals surface area contributed by atoms with Crippen molar-refractivity contribution in [3.63, 3.8) is 0 Å². The SMILES string of the molecule is COc1cc(CNC2CCCCCCC2)ccc1OCc1ccc(C)cc1. The maximum atomic E-state index is 5.99. The smallest absolute Gasteiger partial charge is 0.161 e. The van der Waals surface area contributed by atoms with Crippen molar-refractivity contribution in [2.75, 3.05) is 7.11 Å². The number of methoxy groups -OCH3 is 1. The summed E-state index contributed by atoms with van der Waals surface area (Å²) < 4.78 is 11.6. The number of hydrogen-bond donors (Lipinski definition) is 1. The molecule has 0 aromatic heterocycles. The zero-order valence-corrected chi connectivity index (χ0v) is 16.8. The lowest BCUT2D eigenvalue weighted by Gasteiger charge is -2.21. The predicted molar refractivity (Wildman–Crippen MR) is 111 cm³/mol. The average molecular weight is 368 g/mol. The average Bonchev–Trinajstić information content (AvgIpc) is 2.67. The van der Waals surface area contributed by atoms with Gasteiger partial charge in [0.2, 0.25) is 0 Å². The first-order chi connectivity index (χ1) is 13.2. The van der Waals surface area contributed by atoms with E-state index in [0.29, 0.717) is 12.6 Å². The molecule has 2 aromatic rings. The van der Waals surface area contributed by atoms with Crippen molar-refractivity contribution in [3.05, 3.63) is 59.2 Å². The lowest BCUT2D eigenvalue weighted by atomic mass is 9.96. The lowest BCUT2D eigenvalue weighted by Crippen LogP contribution is -2.29. The topological polar surface area (TPSA) is 30.5 Å². The van der Waals surface area contributed by atoms with Gasteiger partial charge in [0.15, 0.2) is 11.5 Å². The first kappa shape index (κ1) is 19.8. The van der Waals surface area contributed by atoms with Crippen molar-refractivity contribution in [1.29, 1.82) is 0 Å². The highest BCUT2D eigenvalue weighted by Gasteiger charge is 2.12. The molecule has 3 rings (SSSR count). The van der Waals surface area contributed by atoms with E-state index in [1.54, 1.807) is 7.11 Å². The molecule has 0 unspecified atom stereocenters. The molecular weight excluding hydrogens is 334 g/mol. The Balaban J connectivity index is 1.55. The first-order valence-corrected chi connectivity index (χ1v) is 10.3. The van der Waals surface area contributed by atoms with Gasteiger partial charge in [-0.15, -0.1) is 0 Å². The van der Waals surface area contributed by atoms with Crippen LogP contribution in [-0.2, 0) is 13.2 Å². The molecule has 1 aliphatic carbocycles. The van der Waals surface area contributed by atoms with Crippen LogP contribution in [0.3, 0.4) is 0 Å². The van der Waals surface area contributed by atoms with Crippen LogP contribution >= 0.6 is 0 Å². The zero-order valence-electron chi connectivity index (χ0n) is 16.8. The number of rotatable bonds is 7. The summed E-state index contributed by atoms with van der Waals surface area (Å²) in [7, 11) is 1.71. The standard InChI is InChI=1S/C24H33NO2/c1-19-10-12-20(13-11-19)18-27-23-15-14-21(16-24(23)26-2)17-25-22-8-6-4-3-5-7-9-22/h10-16,22,25H,3-9,17-18H2,1-2H3. The number of aryl methyl sites for hydroxylation is 1. The van der Waals surface area contributed by atoms with Crippen molar-refractivity contribution in [1.82, 2.24) is 5.32 Å². The molecule has 3 nitrogen and oxygen atoms in total. The Morgan fingerprint density at radius 3 is 2.22 bits per heavy atom. The summed E-state index contributed by atoms with van der Waals surface area (Å²) in [6.07, 6.45) is 9.50. The Kier molecular flexibility index (Phi) is 7.58. The van der Waals surface area contributed by atoms with E-state index in [1.807, 2.05) is 6.07 Å². The van der Waals surface area contributed by atoms with Gasteiger partial charge in [-0.25, -0.2) is 0 Å². The van der Waals surface area contributed by atoms with E-state index in [9.17, 15) is 0 Å². The maximum absolute atomic E-state index is 5.99. The predicted octanol–water partition coefficient (Wildman–Crippen LogP) is 5.79. The van der Waals surface area contributed by atoms with Gasteiger partial charge < -0.3 is 14.8 Å². The number of nitrogens with one attached hydrogen (secondary N) is 1. The maximum Gasteiger partial charge on any atom is 0.161 e. The number of benzene rings is 2. The molecule has 1 fully saturated rings. The van der Waals surface area contributed by atoms with Gasteiger partial charge in [-0.05, 0) is 43.0 Å². The second-order valence-corrected chi connectivity index (χ2v) is 7.68. The Labute approximate surface area is 164 Å². The third-order valence-electron chi connectivity index (χ3n) is 5.44. The quantitative estimate of drug-likeness (QED) is 0.672. The van der Waals surface area contributed by atoms with Crippen molar-refractivity contribution < 1.29 is 9.47 Å². The fraction of sp³-hybridized carbons (Fsp3) is 0.500. The molecule has 146 valence electrons. The summed E-state index contributed by atoms with van der Waals surface area (Å²) in [4.78, 5) is 0. The second kappa shape index (κ2) is 10.4. The van der Waals surface area contributed by atoms with Gasteiger partial charge in [0, 0.05) is 12.6 Å². The zero-order chi connectivity index (χ0) is 18.9. The molecule has 1 aliphatic rings. The van der Waals surface area contributed by atoms with Gasteiger partial charge in [0.25, 0.3) is 0 Å². The van der Waals surface area contributed by atoms with E-state index in [1.165, 1.54) is 56.1 Å². The van der Waals surface area contributed by atoms with Crippen molar-refractivity contribution in [2.24, 2.45) is 0 Å². The highest BCUT2D eigenvalue weighted by molar-refractivity contribution is 5.43. The molecule has 0 atom stereocenters. The van der Waals surface area contributed by atoms with Crippen LogP contribution < -0.4 is 14.8 Å². The van der Waals surface area contributed by atoms with Crippen LogP contribution in [0, 0.1) is 6.92 Å². The van der Waals surface area contributed by atoms with Gasteiger partial charge >= 0.3 is 0 Å². The molecule has 0 aliphatic heterocycles. The molecule has 1 saturated carbocycles. The van der Waals surface area contributed by atoms with E-state index < -0.39 is 0 Å². The van der Waals surface area contributed by atoms with Crippen LogP contribution in [0.15, 0.2) is 42.5 Å². The van der Waals surface area contributed by atoms with E-state index in [4.69, 9.17) is 9.47 Å². The molecule has 0 bridgehead atoms. The van der Waals surface area contributed by atoms with E-state index in [2.05, 4.69) is 48.6 Å². The number of ether oxygens (including phenoxy) is 2. The molecule has 0 saturated heterocycles. The van der Waals surface area contributed by atoms with Gasteiger partial charge in [-0.1, -0.05) is 68.0 Å². The summed E-state index contributed by atoms with van der Waals surface area (Å²) in [5.74, 6) is 1.60. The minimum atomic E-state index is 0.552. The van der Waals surface area contributed by atoms with Crippen molar-refractivity contribution in [3.8, 4) is 11.5 Å². The molecular formula is C24H33NO2. The van der Waals surface area contributed by atoms with Crippen LogP contribution in [0.2, 0.25) is 0 Å². The van der Waals surface area contributed by atoms with Crippen LogP contribution in [0.1, 0.15) is 61.6 Å². The number of hydrogen-bond acceptors (Lipinski definition) is 3. The Morgan fingerprint density at radius 1 is 0.852 bits per heavy atom. The third-order valence-corrected chi connectivity index (χ3v) is 5.44. The van der Waals surface area contributed by atoms with E-state index in [-0.39, 0.29) is 0 Å². The molecule has 0 radical (unpaired) electrons. The summed E-state index contributed by atoms with van der Waals surface area (Å²) in [6.45, 7) is 3.53. The molecule has 0 amide bonds. The van der Waals surface area contributed by atoms with Crippen LogP contribution in [0.5, 0.6) is 11.5 Å². The van der Waals surface area contributed by atoms with Gasteiger partial charge in [-0.2, -0.15) is 0 Å². The van der Waals surface area contributed by atoms with Crippen LogP contribution in [0.25, 0.3) is 0 Å². The van der Waals surface area contributed by atoms with E-state index >= 15 is 0 Å². The summed E-state index contributed by atoms with van der Waals surface area (Å²) in [6, 6.07) is 15.4. The highest BCUT2D eigenvalue weighted by atomic mass is 16.5. The highest BCUT2D eigenvalue weighted by Crippen LogP contribution is 2.29. The first-order valence-electron chi connectivity index (χ1n) is 10.3. The normalized spacial score (nSPS) is 15.8. The minimum Gasteiger partial charge on any atom is -0.493 e. The molecule has 2 aromatic carbocycles. The largest absolute Gasteiger partial charge is 0.493 e. The van der Waals surface area contributed by atoms with Crippen molar-refractivity contribution in [2.45, 2.75) is 71.1 Å². The fourth-order valence-electron chi connectivity index (χ4n) is 3.71. The molecule has 0 spiro atoms. The summed E-state index contributed by atoms with van der Waals surface area (Å²) in [5, 5.41) is 3.74. The molecule has 1 N–H and O–H groups in total. The minimum absolute atomic E-state index is 0.552. The molecule has 0 heterocycles. The van der Waals surface area contributed by atoms with Crippen LogP contribution in [-0.4, -0.2) is 13.2 Å². The third kappa shape index (κ3) is 6.28. The van der Waals surface area contributed by atoms with Gasteiger partial charge in [0.05, 0.1) is 7.11 Å². The Bertz CT molecular complexity index is 688. The second-order valence-electron chi connectivity index (χ2n) is 7.68. The lowest BCUT2D eigenvalue weighted by molar-refractivity contribution is 0.284. The van der Waals surface area contributed by atoms with Crippen LogP contribution in [0.4, 0.5) is 0 Å². The van der Waals surface area contributed by atoms with Gasteiger partial charge in [0.1, 0.15) is 6.61 Å². The fourth-order valence-corrected chi connectivity index (χ4v) is 3.71. The van der Waals surface area contributed by atoms with Gasteiger partial charge in [-0.3, -0.25) is 0 Å².